The minimum absolute atomic E-state index is 0.308. The maximum atomic E-state index is 13.0. The molecule has 2 aromatic carbocycles. The minimum Gasteiger partial charge on any atom is -0.388 e. The molecule has 0 amide bonds. The monoisotopic (exact) mass is 540 g/mol. The Balaban J connectivity index is 1.61. The van der Waals surface area contributed by atoms with Gasteiger partial charge in [0.05, 0.1) is 6.10 Å². The summed E-state index contributed by atoms with van der Waals surface area (Å²) in [6.45, 7) is 1.70. The highest BCUT2D eigenvalue weighted by Crippen LogP contribution is 2.29. The second kappa shape index (κ2) is 10.9. The Hall–Kier alpha value is -3.24. The molecule has 1 unspecified atom stereocenters. The van der Waals surface area contributed by atoms with Crippen LogP contribution in [0.3, 0.4) is 0 Å². The van der Waals surface area contributed by atoms with Crippen molar-refractivity contribution in [2.24, 2.45) is 7.05 Å². The summed E-state index contributed by atoms with van der Waals surface area (Å²) in [5, 5.41) is 42.6. The minimum atomic E-state index is -4.47. The van der Waals surface area contributed by atoms with Crippen molar-refractivity contribution in [2.75, 3.05) is 19.0 Å². The summed E-state index contributed by atoms with van der Waals surface area (Å²) in [6, 6.07) is 15.9. The molecule has 202 valence electrons. The van der Waals surface area contributed by atoms with Crippen molar-refractivity contribution in [3.05, 3.63) is 59.1 Å². The van der Waals surface area contributed by atoms with Crippen LogP contribution in [0.15, 0.2) is 53.4 Å². The van der Waals surface area contributed by atoms with Gasteiger partial charge in [-0.1, -0.05) is 25.1 Å². The van der Waals surface area contributed by atoms with Gasteiger partial charge in [-0.25, -0.2) is 8.42 Å². The summed E-state index contributed by atoms with van der Waals surface area (Å²) < 4.78 is 35.2. The molecular weight excluding hydrogens is 508 g/mol. The molecule has 11 heteroatoms. The number of aromatic nitrogens is 1. The predicted molar refractivity (Wildman–Crippen MR) is 145 cm³/mol. The number of nitriles is 1. The lowest BCUT2D eigenvalue weighted by molar-refractivity contribution is -0.244. The Labute approximate surface area is 222 Å². The average Bonchev–Trinajstić information content (AvgIpc) is 3.26. The third-order valence-corrected chi connectivity index (χ3v) is 8.26. The van der Waals surface area contributed by atoms with Crippen molar-refractivity contribution >= 4 is 32.6 Å². The van der Waals surface area contributed by atoms with Gasteiger partial charge in [0.15, 0.2) is 11.2 Å². The zero-order chi connectivity index (χ0) is 27.8. The molecule has 0 saturated carbocycles. The third kappa shape index (κ3) is 5.33. The van der Waals surface area contributed by atoms with E-state index in [-0.39, 0.29) is 0 Å². The van der Waals surface area contributed by atoms with Gasteiger partial charge in [0.1, 0.15) is 24.3 Å². The van der Waals surface area contributed by atoms with Crippen LogP contribution < -0.4 is 9.62 Å². The van der Waals surface area contributed by atoms with Gasteiger partial charge in [0.25, 0.3) is 10.0 Å². The molecule has 4 rings (SSSR count). The summed E-state index contributed by atoms with van der Waals surface area (Å²) >= 11 is 0. The highest BCUT2D eigenvalue weighted by Gasteiger charge is 2.45. The zero-order valence-corrected chi connectivity index (χ0v) is 22.4. The molecule has 1 saturated heterocycles. The summed E-state index contributed by atoms with van der Waals surface area (Å²) in [5.41, 5.74) is 3.28. The Morgan fingerprint density at radius 1 is 1.11 bits per heavy atom. The molecule has 0 spiro atoms. The zero-order valence-electron chi connectivity index (χ0n) is 21.6. The van der Waals surface area contributed by atoms with Crippen LogP contribution in [-0.4, -0.2) is 73.0 Å². The van der Waals surface area contributed by atoms with Crippen LogP contribution in [0.5, 0.6) is 0 Å². The number of allylic oxidation sites excluding steroid dienone is 1. The van der Waals surface area contributed by atoms with Crippen LogP contribution >= 0.6 is 0 Å². The van der Waals surface area contributed by atoms with Gasteiger partial charge >= 0.3 is 0 Å². The lowest BCUT2D eigenvalue weighted by Gasteiger charge is -2.40. The normalized spacial score (nSPS) is 24.4. The first-order chi connectivity index (χ1) is 18.0. The number of benzene rings is 2. The number of nitrogens with one attached hydrogen (secondary N) is 1. The molecule has 1 aliphatic rings. The number of sulfonamides is 1. The van der Waals surface area contributed by atoms with E-state index < -0.39 is 45.6 Å². The smallest absolute Gasteiger partial charge is 0.251 e. The van der Waals surface area contributed by atoms with Crippen molar-refractivity contribution in [3.63, 3.8) is 0 Å². The molecule has 0 radical (unpaired) electrons. The lowest BCUT2D eigenvalue weighted by Crippen LogP contribution is -2.63. The largest absolute Gasteiger partial charge is 0.388 e. The predicted octanol–water partition coefficient (Wildman–Crippen LogP) is 1.91. The van der Waals surface area contributed by atoms with Crippen molar-refractivity contribution in [1.82, 2.24) is 9.29 Å². The Morgan fingerprint density at radius 3 is 2.45 bits per heavy atom. The van der Waals surface area contributed by atoms with E-state index in [1.54, 1.807) is 30.7 Å². The molecule has 1 aliphatic heterocycles. The first-order valence-corrected chi connectivity index (χ1v) is 13.7. The van der Waals surface area contributed by atoms with Crippen molar-refractivity contribution in [1.29, 1.82) is 5.26 Å². The van der Waals surface area contributed by atoms with E-state index in [0.717, 1.165) is 27.7 Å². The summed E-state index contributed by atoms with van der Waals surface area (Å²) in [6.07, 6.45) is -4.05. The maximum absolute atomic E-state index is 13.0. The van der Waals surface area contributed by atoms with E-state index in [1.807, 2.05) is 55.4 Å². The number of aliphatic hydroxyl groups excluding tert-OH is 3. The number of hydrogen-bond donors (Lipinski definition) is 4. The molecule has 5 atom stereocenters. The third-order valence-electron chi connectivity index (χ3n) is 6.89. The summed E-state index contributed by atoms with van der Waals surface area (Å²) in [5.74, 6) is 0. The SMILES string of the molecule is CC[C@H]1OC(O)[C@H](NS(=O)(=O)/C(C#N)=C/c2ccc(-c3ccc4cc(N(C)C)ccc4c3)n2C)[C@@H](O)[C@@H]1O. The fraction of sp³-hybridized carbons (Fsp3) is 0.370. The van der Waals surface area contributed by atoms with E-state index in [1.165, 1.54) is 6.08 Å². The van der Waals surface area contributed by atoms with Gasteiger partial charge < -0.3 is 29.5 Å². The van der Waals surface area contributed by atoms with Crippen LogP contribution in [0.4, 0.5) is 5.69 Å². The van der Waals surface area contributed by atoms with Crippen molar-refractivity contribution in [2.45, 2.75) is 44.0 Å². The molecule has 0 aliphatic carbocycles. The van der Waals surface area contributed by atoms with Crippen LogP contribution in [0, 0.1) is 11.3 Å². The Bertz CT molecular complexity index is 1510. The van der Waals surface area contributed by atoms with Gasteiger partial charge in [-0.05, 0) is 59.2 Å². The average molecular weight is 541 g/mol. The lowest BCUT2D eigenvalue weighted by atomic mass is 9.96. The van der Waals surface area contributed by atoms with Crippen molar-refractivity contribution in [3.8, 4) is 17.3 Å². The van der Waals surface area contributed by atoms with E-state index in [2.05, 4.69) is 10.8 Å². The molecule has 38 heavy (non-hydrogen) atoms. The number of nitrogens with zero attached hydrogens (tertiary/aromatic N) is 3. The highest BCUT2D eigenvalue weighted by atomic mass is 32.2. The number of fused-ring (bicyclic) bond motifs is 1. The number of anilines is 1. The topological polar surface area (TPSA) is 148 Å². The molecule has 4 N–H and O–H groups in total. The van der Waals surface area contributed by atoms with Gasteiger partial charge in [0.2, 0.25) is 0 Å². The number of hydrogen-bond acceptors (Lipinski definition) is 8. The van der Waals surface area contributed by atoms with E-state index in [4.69, 9.17) is 4.74 Å². The fourth-order valence-corrected chi connectivity index (χ4v) is 5.73. The second-order valence-electron chi connectivity index (χ2n) is 9.57. The fourth-order valence-electron chi connectivity index (χ4n) is 4.59. The number of aliphatic hydroxyl groups is 3. The Morgan fingerprint density at radius 2 is 1.79 bits per heavy atom. The molecule has 1 fully saturated rings. The van der Waals surface area contributed by atoms with Crippen LogP contribution in [0.2, 0.25) is 0 Å². The number of ether oxygens (including phenoxy) is 1. The Kier molecular flexibility index (Phi) is 7.94. The second-order valence-corrected chi connectivity index (χ2v) is 11.2. The van der Waals surface area contributed by atoms with E-state index in [9.17, 15) is 29.0 Å². The summed E-state index contributed by atoms with van der Waals surface area (Å²) in [7, 11) is 1.26. The molecule has 1 aromatic heterocycles. The molecule has 10 nitrogen and oxygen atoms in total. The first-order valence-electron chi connectivity index (χ1n) is 12.2. The van der Waals surface area contributed by atoms with Crippen LogP contribution in [-0.2, 0) is 21.8 Å². The summed E-state index contributed by atoms with van der Waals surface area (Å²) in [4.78, 5) is 1.41. The van der Waals surface area contributed by atoms with Crippen LogP contribution in [0.25, 0.3) is 28.1 Å². The number of rotatable bonds is 7. The quantitative estimate of drug-likeness (QED) is 0.332. The molecule has 3 aromatic rings. The first kappa shape index (κ1) is 27.8. The van der Waals surface area contributed by atoms with E-state index in [0.29, 0.717) is 12.1 Å². The molecule has 2 heterocycles. The maximum Gasteiger partial charge on any atom is 0.251 e. The van der Waals surface area contributed by atoms with E-state index >= 15 is 0 Å². The highest BCUT2D eigenvalue weighted by molar-refractivity contribution is 7.93. The van der Waals surface area contributed by atoms with Crippen molar-refractivity contribution < 1.29 is 28.5 Å². The van der Waals surface area contributed by atoms with Gasteiger partial charge in [-0.3, -0.25) is 0 Å². The van der Waals surface area contributed by atoms with Gasteiger partial charge in [-0.2, -0.15) is 9.98 Å². The molecule has 0 bridgehead atoms. The van der Waals surface area contributed by atoms with Gasteiger partial charge in [-0.15, -0.1) is 0 Å². The van der Waals surface area contributed by atoms with Crippen LogP contribution in [0.1, 0.15) is 19.0 Å². The van der Waals surface area contributed by atoms with Gasteiger partial charge in [0, 0.05) is 38.2 Å². The molecular formula is C27H32N4O6S. The standard InChI is InChI=1S/C27H32N4O6S/c1-5-23-25(32)26(33)24(27(34)37-23)29-38(35,36)21(15-28)14-20-10-11-22(31(20)4)18-7-6-17-13-19(30(2)3)9-8-16(17)12-18/h6-14,23-27,29,32-34H,5H2,1-4H3/b21-14+/t23-,24-,25-,26-,27?/m1/s1.